The molecule has 0 aliphatic heterocycles. The molecule has 0 aliphatic carbocycles. The van der Waals surface area contributed by atoms with Gasteiger partial charge in [-0.25, -0.2) is 4.98 Å². The van der Waals surface area contributed by atoms with E-state index < -0.39 is 0 Å². The number of amides is 1. The summed E-state index contributed by atoms with van der Waals surface area (Å²) in [6.45, 7) is -0.184. The molecule has 3 rings (SSSR count). The molecule has 0 spiro atoms. The Kier molecular flexibility index (Phi) is 7.02. The van der Waals surface area contributed by atoms with E-state index in [1.807, 2.05) is 18.2 Å². The van der Waals surface area contributed by atoms with E-state index in [0.717, 1.165) is 5.56 Å². The maximum absolute atomic E-state index is 12.1. The van der Waals surface area contributed by atoms with Crippen LogP contribution in [0.2, 0.25) is 5.02 Å². The summed E-state index contributed by atoms with van der Waals surface area (Å²) in [5, 5.41) is 7.30. The highest BCUT2D eigenvalue weighted by Crippen LogP contribution is 2.28. The standard InChI is InChI=1S/C21H19ClN4O3/c1-28-19-12-15(13-24-26-20-8-4-5-11-23-20)9-10-18(19)29-14-21(27)25-17-7-3-2-6-16(17)22/h2-13H,14H2,1H3,(H,23,26)(H,25,27)/b24-13+. The van der Waals surface area contributed by atoms with Gasteiger partial charge in [-0.1, -0.05) is 29.8 Å². The minimum atomic E-state index is -0.328. The van der Waals surface area contributed by atoms with Crippen molar-refractivity contribution < 1.29 is 14.3 Å². The minimum absolute atomic E-state index is 0.184. The number of carbonyl (C=O) groups excluding carboxylic acids is 1. The summed E-state index contributed by atoms with van der Waals surface area (Å²) in [6.07, 6.45) is 3.31. The molecule has 29 heavy (non-hydrogen) atoms. The molecule has 2 N–H and O–H groups in total. The molecule has 8 heteroatoms. The number of hydrogen-bond donors (Lipinski definition) is 2. The van der Waals surface area contributed by atoms with Crippen molar-refractivity contribution in [1.29, 1.82) is 0 Å². The maximum Gasteiger partial charge on any atom is 0.262 e. The summed E-state index contributed by atoms with van der Waals surface area (Å²) in [4.78, 5) is 16.2. The van der Waals surface area contributed by atoms with Crippen LogP contribution < -0.4 is 20.2 Å². The molecule has 0 saturated heterocycles. The number of anilines is 2. The van der Waals surface area contributed by atoms with Crippen LogP contribution in [0.3, 0.4) is 0 Å². The lowest BCUT2D eigenvalue weighted by molar-refractivity contribution is -0.118. The van der Waals surface area contributed by atoms with Crippen molar-refractivity contribution in [3.8, 4) is 11.5 Å². The van der Waals surface area contributed by atoms with Crippen LogP contribution in [0.4, 0.5) is 11.5 Å². The Morgan fingerprint density at radius 1 is 1.14 bits per heavy atom. The summed E-state index contributed by atoms with van der Waals surface area (Å²) in [5.41, 5.74) is 4.15. The predicted molar refractivity (Wildman–Crippen MR) is 114 cm³/mol. The number of rotatable bonds is 8. The molecule has 0 aliphatic rings. The highest BCUT2D eigenvalue weighted by atomic mass is 35.5. The van der Waals surface area contributed by atoms with Crippen molar-refractivity contribution in [2.75, 3.05) is 24.5 Å². The number of pyridine rings is 1. The highest BCUT2D eigenvalue weighted by molar-refractivity contribution is 6.33. The van der Waals surface area contributed by atoms with Gasteiger partial charge < -0.3 is 14.8 Å². The van der Waals surface area contributed by atoms with Gasteiger partial charge in [-0.2, -0.15) is 5.10 Å². The number of halogens is 1. The summed E-state index contributed by atoms with van der Waals surface area (Å²) in [5.74, 6) is 1.24. The van der Waals surface area contributed by atoms with Crippen LogP contribution in [0.25, 0.3) is 0 Å². The second-order valence-electron chi connectivity index (χ2n) is 5.81. The van der Waals surface area contributed by atoms with Crippen molar-refractivity contribution in [2.45, 2.75) is 0 Å². The monoisotopic (exact) mass is 410 g/mol. The number of hydrazone groups is 1. The Hall–Kier alpha value is -3.58. The van der Waals surface area contributed by atoms with E-state index >= 15 is 0 Å². The van der Waals surface area contributed by atoms with Crippen molar-refractivity contribution >= 4 is 35.2 Å². The predicted octanol–water partition coefficient (Wildman–Crippen LogP) is 4.21. The van der Waals surface area contributed by atoms with Crippen LogP contribution in [-0.4, -0.2) is 30.8 Å². The van der Waals surface area contributed by atoms with E-state index in [1.54, 1.807) is 54.9 Å². The van der Waals surface area contributed by atoms with Crippen LogP contribution in [0.5, 0.6) is 11.5 Å². The normalized spacial score (nSPS) is 10.6. The average Bonchev–Trinajstić information content (AvgIpc) is 2.75. The molecule has 148 valence electrons. The topological polar surface area (TPSA) is 84.8 Å². The fraction of sp³-hybridized carbons (Fsp3) is 0.0952. The van der Waals surface area contributed by atoms with Gasteiger partial charge in [-0.15, -0.1) is 0 Å². The number of benzene rings is 2. The summed E-state index contributed by atoms with van der Waals surface area (Å²) in [6, 6.07) is 17.8. The van der Waals surface area contributed by atoms with E-state index in [1.165, 1.54) is 7.11 Å². The molecule has 1 heterocycles. The van der Waals surface area contributed by atoms with E-state index in [4.69, 9.17) is 21.1 Å². The van der Waals surface area contributed by atoms with Crippen molar-refractivity contribution in [1.82, 2.24) is 4.98 Å². The van der Waals surface area contributed by atoms with Crippen molar-refractivity contribution in [2.24, 2.45) is 5.10 Å². The molecule has 0 fully saturated rings. The quantitative estimate of drug-likeness (QED) is 0.429. The molecule has 1 aromatic heterocycles. The van der Waals surface area contributed by atoms with E-state index in [-0.39, 0.29) is 12.5 Å². The van der Waals surface area contributed by atoms with Crippen molar-refractivity contribution in [3.63, 3.8) is 0 Å². The first-order chi connectivity index (χ1) is 14.2. The lowest BCUT2D eigenvalue weighted by Crippen LogP contribution is -2.20. The van der Waals surface area contributed by atoms with Gasteiger partial charge in [0.05, 0.1) is 24.0 Å². The molecular formula is C21H19ClN4O3. The summed E-state index contributed by atoms with van der Waals surface area (Å²) in [7, 11) is 1.53. The molecule has 0 atom stereocenters. The Morgan fingerprint density at radius 2 is 1.97 bits per heavy atom. The van der Waals surface area contributed by atoms with Crippen LogP contribution in [0, 0.1) is 0 Å². The fourth-order valence-corrected chi connectivity index (χ4v) is 2.56. The first kappa shape index (κ1) is 20.2. The number of nitrogens with one attached hydrogen (secondary N) is 2. The van der Waals surface area contributed by atoms with Crippen LogP contribution in [0.1, 0.15) is 5.56 Å². The maximum atomic E-state index is 12.1. The number of methoxy groups -OCH3 is 1. The van der Waals surface area contributed by atoms with Crippen LogP contribution in [0.15, 0.2) is 72.0 Å². The van der Waals surface area contributed by atoms with E-state index in [2.05, 4.69) is 20.8 Å². The fourth-order valence-electron chi connectivity index (χ4n) is 2.38. The number of aromatic nitrogens is 1. The molecule has 3 aromatic rings. The van der Waals surface area contributed by atoms with Gasteiger partial charge >= 0.3 is 0 Å². The number of para-hydroxylation sites is 1. The second kappa shape index (κ2) is 10.1. The van der Waals surface area contributed by atoms with Crippen LogP contribution in [-0.2, 0) is 4.79 Å². The van der Waals surface area contributed by atoms with E-state index in [9.17, 15) is 4.79 Å². The first-order valence-electron chi connectivity index (χ1n) is 8.71. The van der Waals surface area contributed by atoms with Gasteiger partial charge in [0.2, 0.25) is 0 Å². The van der Waals surface area contributed by atoms with Crippen molar-refractivity contribution in [3.05, 3.63) is 77.4 Å². The third-order valence-electron chi connectivity index (χ3n) is 3.75. The Bertz CT molecular complexity index is 996. The third kappa shape index (κ3) is 5.95. The molecule has 0 bridgehead atoms. The lowest BCUT2D eigenvalue weighted by Gasteiger charge is -2.12. The SMILES string of the molecule is COc1cc(/C=N/Nc2ccccn2)ccc1OCC(=O)Nc1ccccc1Cl. The zero-order valence-electron chi connectivity index (χ0n) is 15.6. The van der Waals surface area contributed by atoms with Gasteiger partial charge in [0.15, 0.2) is 18.1 Å². The number of hydrogen-bond acceptors (Lipinski definition) is 6. The summed E-state index contributed by atoms with van der Waals surface area (Å²) < 4.78 is 10.9. The largest absolute Gasteiger partial charge is 0.493 e. The minimum Gasteiger partial charge on any atom is -0.493 e. The molecule has 0 saturated carbocycles. The first-order valence-corrected chi connectivity index (χ1v) is 9.09. The zero-order chi connectivity index (χ0) is 20.5. The van der Waals surface area contributed by atoms with Gasteiger partial charge in [0.1, 0.15) is 5.82 Å². The average molecular weight is 411 g/mol. The molecule has 7 nitrogen and oxygen atoms in total. The van der Waals surface area contributed by atoms with Gasteiger partial charge in [-0.05, 0) is 48.0 Å². The Labute approximate surface area is 173 Å². The Morgan fingerprint density at radius 3 is 2.72 bits per heavy atom. The molecular weight excluding hydrogens is 392 g/mol. The second-order valence-corrected chi connectivity index (χ2v) is 6.22. The van der Waals surface area contributed by atoms with Crippen LogP contribution >= 0.6 is 11.6 Å². The number of nitrogens with zero attached hydrogens (tertiary/aromatic N) is 2. The Balaban J connectivity index is 1.58. The molecule has 2 aromatic carbocycles. The smallest absolute Gasteiger partial charge is 0.262 e. The molecule has 0 radical (unpaired) electrons. The van der Waals surface area contributed by atoms with Gasteiger partial charge in [0.25, 0.3) is 5.91 Å². The van der Waals surface area contributed by atoms with Gasteiger partial charge in [-0.3, -0.25) is 10.2 Å². The lowest BCUT2D eigenvalue weighted by atomic mass is 10.2. The third-order valence-corrected chi connectivity index (χ3v) is 4.08. The number of ether oxygens (including phenoxy) is 2. The zero-order valence-corrected chi connectivity index (χ0v) is 16.4. The highest BCUT2D eigenvalue weighted by Gasteiger charge is 2.10. The molecule has 1 amide bonds. The number of carbonyl (C=O) groups is 1. The van der Waals surface area contributed by atoms with E-state index in [0.29, 0.717) is 28.0 Å². The molecule has 0 unspecified atom stereocenters. The summed E-state index contributed by atoms with van der Waals surface area (Å²) >= 11 is 6.03. The van der Waals surface area contributed by atoms with Gasteiger partial charge in [0, 0.05) is 6.20 Å².